The summed E-state index contributed by atoms with van der Waals surface area (Å²) in [6, 6.07) is 15.8. The Hall–Kier alpha value is -1.12. The molecule has 0 amide bonds. The van der Waals surface area contributed by atoms with Crippen LogP contribution in [0.5, 0.6) is 0 Å². The van der Waals surface area contributed by atoms with E-state index >= 15 is 0 Å². The van der Waals surface area contributed by atoms with Crippen molar-refractivity contribution in [3.8, 4) is 0 Å². The smallest absolute Gasteiger partial charge is 0.0391 e. The molecule has 0 aliphatic rings. The van der Waals surface area contributed by atoms with Crippen LogP contribution in [0, 0.1) is 5.92 Å². The van der Waals surface area contributed by atoms with Gasteiger partial charge in [-0.1, -0.05) is 50.2 Å². The Bertz CT molecular complexity index is 447. The van der Waals surface area contributed by atoms with Gasteiger partial charge in [-0.2, -0.15) is 0 Å². The molecule has 1 nitrogen and oxygen atoms in total. The molecule has 0 bridgehead atoms. The van der Waals surface area contributed by atoms with Crippen LogP contribution in [0.1, 0.15) is 43.3 Å². The van der Waals surface area contributed by atoms with Crippen LogP contribution in [0.15, 0.2) is 47.8 Å². The highest BCUT2D eigenvalue weighted by atomic mass is 32.1. The van der Waals surface area contributed by atoms with E-state index in [4.69, 9.17) is 0 Å². The van der Waals surface area contributed by atoms with Gasteiger partial charge in [-0.25, -0.2) is 0 Å². The molecule has 0 saturated heterocycles. The Morgan fingerprint density at radius 3 is 2.22 bits per heavy atom. The lowest BCUT2D eigenvalue weighted by molar-refractivity contribution is 0.377. The van der Waals surface area contributed by atoms with Gasteiger partial charge in [-0.15, -0.1) is 11.3 Å². The monoisotopic (exact) mass is 259 g/mol. The first-order chi connectivity index (χ1) is 8.68. The van der Waals surface area contributed by atoms with Crippen molar-refractivity contribution in [1.82, 2.24) is 5.32 Å². The molecule has 0 fully saturated rings. The molecular formula is C16H21NS. The van der Waals surface area contributed by atoms with E-state index in [1.807, 2.05) is 11.3 Å². The second-order valence-corrected chi connectivity index (χ2v) is 6.02. The van der Waals surface area contributed by atoms with Crippen molar-refractivity contribution in [3.63, 3.8) is 0 Å². The van der Waals surface area contributed by atoms with Crippen LogP contribution in [-0.4, -0.2) is 0 Å². The summed E-state index contributed by atoms with van der Waals surface area (Å²) in [7, 11) is 0. The molecule has 1 unspecified atom stereocenters. The van der Waals surface area contributed by atoms with Crippen LogP contribution in [-0.2, 0) is 0 Å². The first kappa shape index (κ1) is 13.3. The van der Waals surface area contributed by atoms with Gasteiger partial charge in [-0.05, 0) is 29.9 Å². The van der Waals surface area contributed by atoms with Gasteiger partial charge in [0.2, 0.25) is 0 Å². The third kappa shape index (κ3) is 3.21. The molecule has 1 aromatic heterocycles. The maximum absolute atomic E-state index is 3.75. The molecule has 96 valence electrons. The highest BCUT2D eigenvalue weighted by Crippen LogP contribution is 2.27. The second-order valence-electron chi connectivity index (χ2n) is 5.04. The number of rotatable bonds is 5. The Kier molecular flexibility index (Phi) is 4.56. The number of hydrogen-bond acceptors (Lipinski definition) is 2. The summed E-state index contributed by atoms with van der Waals surface area (Å²) in [6.07, 6.45) is 0. The lowest BCUT2D eigenvalue weighted by Gasteiger charge is -2.26. The Morgan fingerprint density at radius 2 is 1.67 bits per heavy atom. The normalized spacial score (nSPS) is 14.7. The lowest BCUT2D eigenvalue weighted by atomic mass is 9.95. The van der Waals surface area contributed by atoms with E-state index in [0.717, 1.165) is 0 Å². The standard InChI is InChI=1S/C16H21NS/c1-12(2)16(14-8-5-4-6-9-14)17-13(3)15-10-7-11-18-15/h4-13,16-17H,1-3H3/t13-,16?/m1/s1. The van der Waals surface area contributed by atoms with Crippen molar-refractivity contribution in [2.45, 2.75) is 32.9 Å². The van der Waals surface area contributed by atoms with Gasteiger partial charge in [0, 0.05) is 17.0 Å². The summed E-state index contributed by atoms with van der Waals surface area (Å²) >= 11 is 1.82. The quantitative estimate of drug-likeness (QED) is 0.813. The summed E-state index contributed by atoms with van der Waals surface area (Å²) in [5.74, 6) is 0.579. The van der Waals surface area contributed by atoms with Gasteiger partial charge in [0.1, 0.15) is 0 Å². The molecule has 2 rings (SSSR count). The van der Waals surface area contributed by atoms with Gasteiger partial charge >= 0.3 is 0 Å². The van der Waals surface area contributed by atoms with Crippen LogP contribution in [0.2, 0.25) is 0 Å². The molecule has 0 aliphatic heterocycles. The zero-order valence-electron chi connectivity index (χ0n) is 11.3. The van der Waals surface area contributed by atoms with E-state index in [1.165, 1.54) is 10.4 Å². The van der Waals surface area contributed by atoms with Crippen molar-refractivity contribution < 1.29 is 0 Å². The fraction of sp³-hybridized carbons (Fsp3) is 0.375. The molecule has 2 atom stereocenters. The average molecular weight is 259 g/mol. The Balaban J connectivity index is 2.12. The fourth-order valence-electron chi connectivity index (χ4n) is 2.22. The summed E-state index contributed by atoms with van der Waals surface area (Å²) in [5, 5.41) is 5.88. The van der Waals surface area contributed by atoms with Crippen LogP contribution in [0.4, 0.5) is 0 Å². The fourth-order valence-corrected chi connectivity index (χ4v) is 2.97. The van der Waals surface area contributed by atoms with Crippen LogP contribution in [0.3, 0.4) is 0 Å². The third-order valence-corrected chi connectivity index (χ3v) is 4.28. The van der Waals surface area contributed by atoms with Gasteiger partial charge in [0.15, 0.2) is 0 Å². The summed E-state index contributed by atoms with van der Waals surface area (Å²) < 4.78 is 0. The van der Waals surface area contributed by atoms with Crippen molar-refractivity contribution in [2.75, 3.05) is 0 Å². The highest BCUT2D eigenvalue weighted by Gasteiger charge is 2.18. The number of hydrogen-bond donors (Lipinski definition) is 1. The van der Waals surface area contributed by atoms with Crippen LogP contribution < -0.4 is 5.32 Å². The van der Waals surface area contributed by atoms with Gasteiger partial charge in [0.25, 0.3) is 0 Å². The SMILES string of the molecule is CC(C)C(N[C@H](C)c1cccs1)c1ccccc1. The van der Waals surface area contributed by atoms with E-state index in [0.29, 0.717) is 18.0 Å². The maximum Gasteiger partial charge on any atom is 0.0391 e. The second kappa shape index (κ2) is 6.17. The lowest BCUT2D eigenvalue weighted by Crippen LogP contribution is -2.28. The Morgan fingerprint density at radius 1 is 0.944 bits per heavy atom. The minimum absolute atomic E-state index is 0.401. The molecular weight excluding hydrogens is 238 g/mol. The molecule has 2 heteroatoms. The molecule has 2 aromatic rings. The molecule has 1 aromatic carbocycles. The number of nitrogens with one attached hydrogen (secondary N) is 1. The molecule has 1 N–H and O–H groups in total. The van der Waals surface area contributed by atoms with Crippen LogP contribution >= 0.6 is 11.3 Å². The van der Waals surface area contributed by atoms with E-state index in [-0.39, 0.29) is 0 Å². The largest absolute Gasteiger partial charge is 0.302 e. The summed E-state index contributed by atoms with van der Waals surface area (Å²) in [6.45, 7) is 6.78. The zero-order chi connectivity index (χ0) is 13.0. The highest BCUT2D eigenvalue weighted by molar-refractivity contribution is 7.10. The number of thiophene rings is 1. The Labute approximate surface area is 114 Å². The molecule has 18 heavy (non-hydrogen) atoms. The van der Waals surface area contributed by atoms with E-state index in [2.05, 4.69) is 73.9 Å². The van der Waals surface area contributed by atoms with Gasteiger partial charge < -0.3 is 5.32 Å². The minimum atomic E-state index is 0.401. The van der Waals surface area contributed by atoms with Crippen molar-refractivity contribution in [3.05, 3.63) is 58.3 Å². The van der Waals surface area contributed by atoms with Crippen molar-refractivity contribution in [1.29, 1.82) is 0 Å². The summed E-state index contributed by atoms with van der Waals surface area (Å²) in [4.78, 5) is 1.40. The predicted molar refractivity (Wildman–Crippen MR) is 79.9 cm³/mol. The molecule has 0 aliphatic carbocycles. The third-order valence-electron chi connectivity index (χ3n) is 3.22. The minimum Gasteiger partial charge on any atom is -0.302 e. The zero-order valence-corrected chi connectivity index (χ0v) is 12.1. The summed E-state index contributed by atoms with van der Waals surface area (Å²) in [5.41, 5.74) is 1.37. The van der Waals surface area contributed by atoms with Crippen LogP contribution in [0.25, 0.3) is 0 Å². The average Bonchev–Trinajstić information content (AvgIpc) is 2.90. The molecule has 1 heterocycles. The van der Waals surface area contributed by atoms with Gasteiger partial charge in [-0.3, -0.25) is 0 Å². The van der Waals surface area contributed by atoms with Gasteiger partial charge in [0.05, 0.1) is 0 Å². The van der Waals surface area contributed by atoms with E-state index in [9.17, 15) is 0 Å². The van der Waals surface area contributed by atoms with E-state index in [1.54, 1.807) is 0 Å². The van der Waals surface area contributed by atoms with Crippen molar-refractivity contribution >= 4 is 11.3 Å². The number of benzene rings is 1. The van der Waals surface area contributed by atoms with Crippen molar-refractivity contribution in [2.24, 2.45) is 5.92 Å². The molecule has 0 spiro atoms. The van der Waals surface area contributed by atoms with E-state index < -0.39 is 0 Å². The first-order valence-corrected chi connectivity index (χ1v) is 7.41. The molecule has 0 radical (unpaired) electrons. The predicted octanol–water partition coefficient (Wildman–Crippen LogP) is 4.80. The molecule has 0 saturated carbocycles. The topological polar surface area (TPSA) is 12.0 Å². The first-order valence-electron chi connectivity index (χ1n) is 6.53. The maximum atomic E-state index is 3.75.